The van der Waals surface area contributed by atoms with Gasteiger partial charge in [0.2, 0.25) is 0 Å². The number of alkyl halides is 2. The molecule has 72 valence electrons. The molecule has 3 nitrogen and oxygen atoms in total. The Morgan fingerprint density at radius 2 is 2.23 bits per heavy atom. The van der Waals surface area contributed by atoms with E-state index in [1.54, 1.807) is 0 Å². The summed E-state index contributed by atoms with van der Waals surface area (Å²) < 4.78 is 24.3. The minimum atomic E-state index is -2.81. The van der Waals surface area contributed by atoms with Crippen molar-refractivity contribution in [3.63, 3.8) is 0 Å². The minimum Gasteiger partial charge on any atom is -0.351 e. The Morgan fingerprint density at radius 1 is 1.62 bits per heavy atom. The van der Waals surface area contributed by atoms with E-state index in [-0.39, 0.29) is 17.3 Å². The van der Waals surface area contributed by atoms with Gasteiger partial charge in [-0.1, -0.05) is 11.6 Å². The summed E-state index contributed by atoms with van der Waals surface area (Å²) >= 11 is 5.53. The first-order chi connectivity index (χ1) is 6.07. The second-order valence-electron chi connectivity index (χ2n) is 2.37. The van der Waals surface area contributed by atoms with E-state index in [4.69, 9.17) is 17.3 Å². The van der Waals surface area contributed by atoms with Crippen LogP contribution in [-0.4, -0.2) is 4.98 Å². The van der Waals surface area contributed by atoms with Crippen molar-refractivity contribution in [2.24, 2.45) is 5.73 Å². The maximum Gasteiger partial charge on any atom is 0.269 e. The molecule has 0 aliphatic carbocycles. The summed E-state index contributed by atoms with van der Waals surface area (Å²) in [5.74, 6) is 0. The Hall–Kier alpha value is -0.940. The number of nitrogens with one attached hydrogen (secondary N) is 1. The van der Waals surface area contributed by atoms with Crippen LogP contribution in [0, 0.1) is 0 Å². The fourth-order valence-electron chi connectivity index (χ4n) is 0.912. The fraction of sp³-hybridized carbons (Fsp3) is 0.286. The second kappa shape index (κ2) is 3.85. The van der Waals surface area contributed by atoms with Crippen LogP contribution in [-0.2, 0) is 6.54 Å². The summed E-state index contributed by atoms with van der Waals surface area (Å²) in [6.07, 6.45) is -1.92. The highest BCUT2D eigenvalue weighted by Gasteiger charge is 2.15. The van der Waals surface area contributed by atoms with Gasteiger partial charge in [-0.25, -0.2) is 8.78 Å². The molecule has 0 saturated carbocycles. The standard InChI is InChI=1S/C7H7ClF2N2O/c8-6-3(1-11)5(13)4(2-12-6)7(9)10/h2,7H,1,11H2,(H,12,13). The van der Waals surface area contributed by atoms with Crippen LogP contribution in [0.1, 0.15) is 17.6 Å². The Morgan fingerprint density at radius 3 is 2.69 bits per heavy atom. The van der Waals surface area contributed by atoms with Gasteiger partial charge in [-0.05, 0) is 0 Å². The summed E-state index contributed by atoms with van der Waals surface area (Å²) in [4.78, 5) is 13.5. The molecule has 0 aliphatic heterocycles. The molecule has 3 N–H and O–H groups in total. The lowest BCUT2D eigenvalue weighted by Gasteiger charge is -2.03. The van der Waals surface area contributed by atoms with E-state index in [0.717, 1.165) is 6.20 Å². The molecule has 0 aromatic carbocycles. The van der Waals surface area contributed by atoms with Crippen molar-refractivity contribution in [3.8, 4) is 0 Å². The van der Waals surface area contributed by atoms with Crippen molar-refractivity contribution in [3.05, 3.63) is 32.7 Å². The van der Waals surface area contributed by atoms with E-state index in [1.165, 1.54) is 0 Å². The molecule has 1 rings (SSSR count). The molecule has 0 fully saturated rings. The molecule has 13 heavy (non-hydrogen) atoms. The van der Waals surface area contributed by atoms with Crippen LogP contribution >= 0.6 is 11.6 Å². The predicted octanol–water partition coefficient (Wildman–Crippen LogP) is 1.42. The first kappa shape index (κ1) is 10.1. The number of hydrogen-bond donors (Lipinski definition) is 2. The lowest BCUT2D eigenvalue weighted by atomic mass is 10.2. The molecule has 1 aromatic heterocycles. The van der Waals surface area contributed by atoms with Crippen LogP contribution in [0.2, 0.25) is 5.15 Å². The Kier molecular flexibility index (Phi) is 3.00. The highest BCUT2D eigenvalue weighted by Crippen LogP contribution is 2.16. The first-order valence-corrected chi connectivity index (χ1v) is 3.84. The topological polar surface area (TPSA) is 58.9 Å². The fourth-order valence-corrected chi connectivity index (χ4v) is 1.13. The lowest BCUT2D eigenvalue weighted by Crippen LogP contribution is -2.19. The van der Waals surface area contributed by atoms with Gasteiger partial charge in [0.25, 0.3) is 6.43 Å². The summed E-state index contributed by atoms with van der Waals surface area (Å²) in [5, 5.41) is 0.0110. The van der Waals surface area contributed by atoms with Crippen molar-refractivity contribution < 1.29 is 8.78 Å². The number of H-pyrrole nitrogens is 1. The van der Waals surface area contributed by atoms with Gasteiger partial charge < -0.3 is 10.7 Å². The number of aromatic amines is 1. The minimum absolute atomic E-state index is 0.0110. The smallest absolute Gasteiger partial charge is 0.269 e. The van der Waals surface area contributed by atoms with Gasteiger partial charge in [-0.2, -0.15) is 0 Å². The van der Waals surface area contributed by atoms with Crippen LogP contribution < -0.4 is 11.2 Å². The van der Waals surface area contributed by atoms with Crippen molar-refractivity contribution in [1.82, 2.24) is 4.98 Å². The molecule has 0 bridgehead atoms. The van der Waals surface area contributed by atoms with Gasteiger partial charge in [0, 0.05) is 18.3 Å². The zero-order valence-electron chi connectivity index (χ0n) is 6.48. The van der Waals surface area contributed by atoms with Crippen LogP contribution in [0.4, 0.5) is 8.78 Å². The second-order valence-corrected chi connectivity index (χ2v) is 2.75. The van der Waals surface area contributed by atoms with Crippen molar-refractivity contribution in [2.45, 2.75) is 13.0 Å². The normalized spacial score (nSPS) is 10.8. The third kappa shape index (κ3) is 1.87. The molecule has 1 aromatic rings. The average Bonchev–Trinajstić information content (AvgIpc) is 2.04. The molecular formula is C7H7ClF2N2O. The maximum absolute atomic E-state index is 12.2. The molecule has 0 saturated heterocycles. The van der Waals surface area contributed by atoms with Gasteiger partial charge >= 0.3 is 0 Å². The molecule has 0 unspecified atom stereocenters. The highest BCUT2D eigenvalue weighted by atomic mass is 35.5. The Labute approximate surface area is 77.5 Å². The Bertz CT molecular complexity index is 364. The van der Waals surface area contributed by atoms with E-state index >= 15 is 0 Å². The quantitative estimate of drug-likeness (QED) is 0.723. The van der Waals surface area contributed by atoms with Gasteiger partial charge in [0.1, 0.15) is 5.15 Å². The number of halogens is 3. The third-order valence-electron chi connectivity index (χ3n) is 1.59. The van der Waals surface area contributed by atoms with E-state index in [2.05, 4.69) is 4.98 Å². The molecule has 0 aliphatic rings. The molecule has 6 heteroatoms. The van der Waals surface area contributed by atoms with Crippen LogP contribution in [0.25, 0.3) is 0 Å². The first-order valence-electron chi connectivity index (χ1n) is 3.46. The summed E-state index contributed by atoms with van der Waals surface area (Å²) in [6, 6.07) is 0. The number of hydrogen-bond acceptors (Lipinski definition) is 2. The average molecular weight is 209 g/mol. The summed E-state index contributed by atoms with van der Waals surface area (Å²) in [7, 11) is 0. The molecule has 0 radical (unpaired) electrons. The molecule has 0 spiro atoms. The van der Waals surface area contributed by atoms with Crippen molar-refractivity contribution in [2.75, 3.05) is 0 Å². The number of pyridine rings is 1. The number of aromatic nitrogens is 1. The maximum atomic E-state index is 12.2. The third-order valence-corrected chi connectivity index (χ3v) is 1.93. The highest BCUT2D eigenvalue weighted by molar-refractivity contribution is 6.30. The van der Waals surface area contributed by atoms with Gasteiger partial charge in [-0.15, -0.1) is 0 Å². The van der Waals surface area contributed by atoms with E-state index in [1.807, 2.05) is 0 Å². The summed E-state index contributed by atoms with van der Waals surface area (Å²) in [6.45, 7) is -0.158. The van der Waals surface area contributed by atoms with E-state index < -0.39 is 17.4 Å². The lowest BCUT2D eigenvalue weighted by molar-refractivity contribution is 0.149. The predicted molar refractivity (Wildman–Crippen MR) is 44.9 cm³/mol. The van der Waals surface area contributed by atoms with E-state index in [9.17, 15) is 13.6 Å². The van der Waals surface area contributed by atoms with Crippen molar-refractivity contribution >= 4 is 11.6 Å². The van der Waals surface area contributed by atoms with Crippen LogP contribution in [0.5, 0.6) is 0 Å². The van der Waals surface area contributed by atoms with Gasteiger partial charge in [0.15, 0.2) is 5.43 Å². The van der Waals surface area contributed by atoms with Gasteiger partial charge in [0.05, 0.1) is 5.56 Å². The van der Waals surface area contributed by atoms with Crippen LogP contribution in [0.15, 0.2) is 11.0 Å². The SMILES string of the molecule is NCc1c(Cl)[nH]cc(C(F)F)c1=O. The van der Waals surface area contributed by atoms with Crippen LogP contribution in [0.3, 0.4) is 0 Å². The zero-order chi connectivity index (χ0) is 10.0. The Balaban J connectivity index is 3.37. The van der Waals surface area contributed by atoms with Crippen molar-refractivity contribution in [1.29, 1.82) is 0 Å². The zero-order valence-corrected chi connectivity index (χ0v) is 7.24. The molecular weight excluding hydrogens is 202 g/mol. The molecule has 1 heterocycles. The van der Waals surface area contributed by atoms with Gasteiger partial charge in [-0.3, -0.25) is 4.79 Å². The molecule has 0 amide bonds. The number of rotatable bonds is 2. The molecule has 0 atom stereocenters. The summed E-state index contributed by atoms with van der Waals surface area (Å²) in [5.41, 5.74) is 3.76. The monoisotopic (exact) mass is 208 g/mol. The largest absolute Gasteiger partial charge is 0.351 e. The number of nitrogens with two attached hydrogens (primary N) is 1. The van der Waals surface area contributed by atoms with E-state index in [0.29, 0.717) is 0 Å².